The fourth-order valence-electron chi connectivity index (χ4n) is 2.64. The van der Waals surface area contributed by atoms with E-state index in [1.807, 2.05) is 11.0 Å². The van der Waals surface area contributed by atoms with E-state index in [4.69, 9.17) is 4.74 Å². The van der Waals surface area contributed by atoms with E-state index in [-0.39, 0.29) is 16.6 Å². The van der Waals surface area contributed by atoms with Crippen molar-refractivity contribution in [3.05, 3.63) is 24.0 Å². The summed E-state index contributed by atoms with van der Waals surface area (Å²) in [5.74, 6) is -0.249. The average molecular weight is 343 g/mol. The Morgan fingerprint density at radius 1 is 1.30 bits per heavy atom. The van der Waals surface area contributed by atoms with E-state index in [9.17, 15) is 9.18 Å². The minimum absolute atomic E-state index is 0.0328. The molecule has 0 N–H and O–H groups in total. The van der Waals surface area contributed by atoms with Gasteiger partial charge >= 0.3 is 0 Å². The molecule has 2 aliphatic heterocycles. The maximum Gasteiger partial charge on any atom is 0.228 e. The Balaban J connectivity index is 1.82. The first kappa shape index (κ1) is 13.8. The number of anilines is 2. The second kappa shape index (κ2) is 5.69. The van der Waals surface area contributed by atoms with Gasteiger partial charge in [0.25, 0.3) is 0 Å². The topological polar surface area (TPSA) is 32.8 Å². The van der Waals surface area contributed by atoms with Gasteiger partial charge in [-0.05, 0) is 18.2 Å². The molecule has 1 atom stereocenters. The number of amides is 1. The van der Waals surface area contributed by atoms with E-state index in [1.165, 1.54) is 6.07 Å². The Bertz CT molecular complexity index is 520. The van der Waals surface area contributed by atoms with Crippen molar-refractivity contribution >= 4 is 33.2 Å². The Labute approximate surface area is 125 Å². The lowest BCUT2D eigenvalue weighted by Crippen LogP contribution is -2.36. The van der Waals surface area contributed by atoms with Crippen molar-refractivity contribution < 1.29 is 13.9 Å². The van der Waals surface area contributed by atoms with Gasteiger partial charge in [0.05, 0.1) is 18.9 Å². The van der Waals surface area contributed by atoms with Crippen LogP contribution in [0.4, 0.5) is 15.8 Å². The number of alkyl halides is 1. The van der Waals surface area contributed by atoms with Crippen LogP contribution in [0.5, 0.6) is 0 Å². The fourth-order valence-corrected chi connectivity index (χ4v) is 3.20. The molecular formula is C14H16BrFN2O2. The molecule has 108 valence electrons. The molecule has 2 heterocycles. The first-order chi connectivity index (χ1) is 9.65. The van der Waals surface area contributed by atoms with Crippen LogP contribution in [0.3, 0.4) is 0 Å². The van der Waals surface area contributed by atoms with E-state index >= 15 is 0 Å². The third-order valence-electron chi connectivity index (χ3n) is 3.67. The van der Waals surface area contributed by atoms with Crippen LogP contribution in [0.1, 0.15) is 6.42 Å². The number of morpholine rings is 1. The maximum atomic E-state index is 14.3. The van der Waals surface area contributed by atoms with E-state index in [0.717, 1.165) is 0 Å². The SMILES string of the molecule is O=C1CC(Br)CN1c1ccc(N2CCOCC2)c(F)c1. The number of carbonyl (C=O) groups is 1. The van der Waals surface area contributed by atoms with Crippen molar-refractivity contribution in [1.29, 1.82) is 0 Å². The van der Waals surface area contributed by atoms with Gasteiger partial charge in [0, 0.05) is 36.6 Å². The summed E-state index contributed by atoms with van der Waals surface area (Å²) < 4.78 is 19.5. The molecule has 0 radical (unpaired) electrons. The van der Waals surface area contributed by atoms with Gasteiger partial charge in [0.2, 0.25) is 5.91 Å². The molecule has 1 amide bonds. The van der Waals surface area contributed by atoms with Crippen molar-refractivity contribution in [3.63, 3.8) is 0 Å². The summed E-state index contributed by atoms with van der Waals surface area (Å²) in [4.78, 5) is 15.6. The van der Waals surface area contributed by atoms with Gasteiger partial charge in [-0.15, -0.1) is 0 Å². The highest BCUT2D eigenvalue weighted by atomic mass is 79.9. The number of hydrogen-bond donors (Lipinski definition) is 0. The predicted octanol–water partition coefficient (Wildman–Crippen LogP) is 2.16. The molecule has 2 saturated heterocycles. The van der Waals surface area contributed by atoms with E-state index in [0.29, 0.717) is 50.6 Å². The summed E-state index contributed by atoms with van der Waals surface area (Å²) in [5, 5.41) is 0. The normalized spacial score (nSPS) is 23.5. The van der Waals surface area contributed by atoms with Gasteiger partial charge in [0.1, 0.15) is 5.82 Å². The van der Waals surface area contributed by atoms with Crippen LogP contribution in [-0.4, -0.2) is 43.6 Å². The van der Waals surface area contributed by atoms with E-state index in [2.05, 4.69) is 15.9 Å². The van der Waals surface area contributed by atoms with Crippen LogP contribution in [0.15, 0.2) is 18.2 Å². The minimum atomic E-state index is -0.282. The summed E-state index contributed by atoms with van der Waals surface area (Å²) in [5.41, 5.74) is 1.21. The number of ether oxygens (including phenoxy) is 1. The number of nitrogens with zero attached hydrogens (tertiary/aromatic N) is 2. The molecule has 1 aromatic rings. The minimum Gasteiger partial charge on any atom is -0.378 e. The van der Waals surface area contributed by atoms with Gasteiger partial charge in [-0.1, -0.05) is 15.9 Å². The first-order valence-corrected chi connectivity index (χ1v) is 7.63. The monoisotopic (exact) mass is 342 g/mol. The average Bonchev–Trinajstić information content (AvgIpc) is 2.78. The molecule has 0 bridgehead atoms. The number of benzene rings is 1. The number of carbonyl (C=O) groups excluding carboxylic acids is 1. The molecule has 0 aliphatic carbocycles. The second-order valence-corrected chi connectivity index (χ2v) is 6.34. The summed E-state index contributed by atoms with van der Waals surface area (Å²) in [7, 11) is 0. The Kier molecular flexibility index (Phi) is 3.94. The third-order valence-corrected chi connectivity index (χ3v) is 4.29. The van der Waals surface area contributed by atoms with Crippen molar-refractivity contribution in [2.75, 3.05) is 42.6 Å². The molecular weight excluding hydrogens is 327 g/mol. The molecule has 0 aromatic heterocycles. The molecule has 1 unspecified atom stereocenters. The maximum absolute atomic E-state index is 14.3. The standard InChI is InChI=1S/C14H16BrFN2O2/c15-10-7-14(19)18(9-10)11-1-2-13(12(16)8-11)17-3-5-20-6-4-17/h1-2,8,10H,3-7,9H2. The molecule has 1 aromatic carbocycles. The van der Waals surface area contributed by atoms with Crippen molar-refractivity contribution in [1.82, 2.24) is 0 Å². The first-order valence-electron chi connectivity index (χ1n) is 6.72. The van der Waals surface area contributed by atoms with Gasteiger partial charge in [-0.25, -0.2) is 4.39 Å². The van der Waals surface area contributed by atoms with Gasteiger partial charge in [0.15, 0.2) is 0 Å². The van der Waals surface area contributed by atoms with Crippen molar-refractivity contribution in [2.45, 2.75) is 11.2 Å². The molecule has 2 fully saturated rings. The van der Waals surface area contributed by atoms with Crippen molar-refractivity contribution in [2.24, 2.45) is 0 Å². The van der Waals surface area contributed by atoms with Gasteiger partial charge < -0.3 is 14.5 Å². The molecule has 3 rings (SSSR count). The summed E-state index contributed by atoms with van der Waals surface area (Å²) >= 11 is 3.43. The predicted molar refractivity (Wildman–Crippen MR) is 79.1 cm³/mol. The molecule has 2 aliphatic rings. The second-order valence-electron chi connectivity index (χ2n) is 5.04. The van der Waals surface area contributed by atoms with Gasteiger partial charge in [-0.3, -0.25) is 4.79 Å². The summed E-state index contributed by atoms with van der Waals surface area (Å²) in [6, 6.07) is 5.02. The highest BCUT2D eigenvalue weighted by Gasteiger charge is 2.29. The van der Waals surface area contributed by atoms with E-state index in [1.54, 1.807) is 11.0 Å². The zero-order valence-corrected chi connectivity index (χ0v) is 12.6. The summed E-state index contributed by atoms with van der Waals surface area (Å²) in [6.45, 7) is 3.23. The smallest absolute Gasteiger partial charge is 0.228 e. The van der Waals surface area contributed by atoms with Crippen LogP contribution < -0.4 is 9.80 Å². The third kappa shape index (κ3) is 2.67. The Morgan fingerprint density at radius 2 is 2.05 bits per heavy atom. The lowest BCUT2D eigenvalue weighted by Gasteiger charge is -2.29. The largest absolute Gasteiger partial charge is 0.378 e. The molecule has 6 heteroatoms. The van der Waals surface area contributed by atoms with Crippen LogP contribution in [0.2, 0.25) is 0 Å². The highest BCUT2D eigenvalue weighted by molar-refractivity contribution is 9.09. The van der Waals surface area contributed by atoms with E-state index < -0.39 is 0 Å². The number of hydrogen-bond acceptors (Lipinski definition) is 3. The molecule has 20 heavy (non-hydrogen) atoms. The van der Waals surface area contributed by atoms with Crippen LogP contribution in [0, 0.1) is 5.82 Å². The number of halogens is 2. The highest BCUT2D eigenvalue weighted by Crippen LogP contribution is 2.29. The lowest BCUT2D eigenvalue weighted by atomic mass is 10.2. The summed E-state index contributed by atoms with van der Waals surface area (Å²) in [6.07, 6.45) is 0.465. The number of rotatable bonds is 2. The fraction of sp³-hybridized carbons (Fsp3) is 0.500. The Hall–Kier alpha value is -1.14. The van der Waals surface area contributed by atoms with Gasteiger partial charge in [-0.2, -0.15) is 0 Å². The Morgan fingerprint density at radius 3 is 2.65 bits per heavy atom. The molecule has 0 saturated carbocycles. The van der Waals surface area contributed by atoms with Crippen molar-refractivity contribution in [3.8, 4) is 0 Å². The quantitative estimate of drug-likeness (QED) is 0.772. The lowest BCUT2D eigenvalue weighted by molar-refractivity contribution is -0.117. The van der Waals surface area contributed by atoms with Crippen LogP contribution in [-0.2, 0) is 9.53 Å². The zero-order chi connectivity index (χ0) is 14.1. The molecule has 0 spiro atoms. The van der Waals surface area contributed by atoms with Crippen LogP contribution >= 0.6 is 15.9 Å². The van der Waals surface area contributed by atoms with Crippen LogP contribution in [0.25, 0.3) is 0 Å². The molecule has 4 nitrogen and oxygen atoms in total. The zero-order valence-electron chi connectivity index (χ0n) is 11.0.